The molecule has 0 aliphatic heterocycles. The zero-order valence-corrected chi connectivity index (χ0v) is 19.8. The van der Waals surface area contributed by atoms with E-state index in [0.717, 1.165) is 0 Å². The highest BCUT2D eigenvalue weighted by molar-refractivity contribution is 14.1. The molecule has 4 rings (SSSR count). The molecule has 168 valence electrons. The molecule has 4 aliphatic rings. The SMILES string of the molecule is CN(C)C1(C)C=C(I)C(O)C2C(O)=C3C(=O)C4C(O)=C(C(N)=O)C(=O)CC4CC3CC21. The number of aliphatic hydroxyl groups excluding tert-OH is 3. The summed E-state index contributed by atoms with van der Waals surface area (Å²) in [7, 11) is 3.89. The van der Waals surface area contributed by atoms with Gasteiger partial charge in [-0.15, -0.1) is 0 Å². The first-order chi connectivity index (χ1) is 14.4. The number of nitrogens with two attached hydrogens (primary N) is 1. The number of rotatable bonds is 2. The van der Waals surface area contributed by atoms with E-state index in [4.69, 9.17) is 5.73 Å². The second kappa shape index (κ2) is 7.41. The number of ketones is 2. The lowest BCUT2D eigenvalue weighted by Gasteiger charge is -2.54. The average molecular weight is 542 g/mol. The van der Waals surface area contributed by atoms with Crippen LogP contribution in [0.25, 0.3) is 0 Å². The molecule has 0 bridgehead atoms. The average Bonchev–Trinajstić information content (AvgIpc) is 2.64. The van der Waals surface area contributed by atoms with Crippen molar-refractivity contribution in [3.8, 4) is 0 Å². The number of carbonyl (C=O) groups excluding carboxylic acids is 3. The van der Waals surface area contributed by atoms with Gasteiger partial charge >= 0.3 is 0 Å². The largest absolute Gasteiger partial charge is 0.511 e. The molecule has 7 unspecified atom stereocenters. The second-order valence-electron chi connectivity index (χ2n) is 9.55. The smallest absolute Gasteiger partial charge is 0.255 e. The minimum atomic E-state index is -1.07. The molecule has 0 aromatic heterocycles. The quantitative estimate of drug-likeness (QED) is 0.307. The third-order valence-corrected chi connectivity index (χ3v) is 8.82. The van der Waals surface area contributed by atoms with E-state index in [2.05, 4.69) is 34.4 Å². The van der Waals surface area contributed by atoms with Gasteiger partial charge in [-0.05, 0) is 74.2 Å². The van der Waals surface area contributed by atoms with E-state index in [-0.39, 0.29) is 29.6 Å². The van der Waals surface area contributed by atoms with Gasteiger partial charge in [0, 0.05) is 21.1 Å². The fourth-order valence-electron chi connectivity index (χ4n) is 6.10. The van der Waals surface area contributed by atoms with Crippen LogP contribution in [-0.2, 0) is 14.4 Å². The molecular weight excluding hydrogens is 515 g/mol. The van der Waals surface area contributed by atoms with E-state index < -0.39 is 58.2 Å². The second-order valence-corrected chi connectivity index (χ2v) is 10.8. The molecular formula is C22H27IN2O6. The standard InChI is InChI=1S/C22H27IN2O6/c1-22(25(2)3)7-11(23)17(27)15-10(22)5-8-4-9-6-12(26)16(21(24)31)20(30)14(9)18(28)13(8)19(15)29/h7-10,14-15,17,27,29-30H,4-6H2,1-3H3,(H2,24,31). The number of fused-ring (bicyclic) bond motifs is 3. The van der Waals surface area contributed by atoms with Crippen molar-refractivity contribution in [1.82, 2.24) is 4.90 Å². The highest BCUT2D eigenvalue weighted by Gasteiger charge is 2.57. The fourth-order valence-corrected chi connectivity index (χ4v) is 7.12. The third kappa shape index (κ3) is 3.11. The summed E-state index contributed by atoms with van der Waals surface area (Å²) < 4.78 is 0.698. The van der Waals surface area contributed by atoms with Gasteiger partial charge < -0.3 is 26.0 Å². The van der Waals surface area contributed by atoms with Crippen LogP contribution in [0.2, 0.25) is 0 Å². The number of allylic oxidation sites excluding steroid dienone is 2. The molecule has 9 heteroatoms. The number of Topliss-reactive ketones (excluding diaryl/α,β-unsaturated/α-hetero) is 2. The van der Waals surface area contributed by atoms with E-state index in [9.17, 15) is 29.7 Å². The normalized spacial score (nSPS) is 40.4. The summed E-state index contributed by atoms with van der Waals surface area (Å²) in [6.07, 6.45) is 2.04. The van der Waals surface area contributed by atoms with E-state index in [0.29, 0.717) is 16.4 Å². The number of hydrogen-bond donors (Lipinski definition) is 4. The lowest BCUT2D eigenvalue weighted by molar-refractivity contribution is -0.128. The maximum absolute atomic E-state index is 13.5. The summed E-state index contributed by atoms with van der Waals surface area (Å²) in [5.41, 5.74) is 4.51. The van der Waals surface area contributed by atoms with Gasteiger partial charge in [-0.2, -0.15) is 0 Å². The number of hydrogen-bond acceptors (Lipinski definition) is 7. The van der Waals surface area contributed by atoms with E-state index >= 15 is 0 Å². The van der Waals surface area contributed by atoms with Crippen LogP contribution >= 0.6 is 22.6 Å². The van der Waals surface area contributed by atoms with Crippen molar-refractivity contribution >= 4 is 40.1 Å². The maximum Gasteiger partial charge on any atom is 0.255 e. The first-order valence-electron chi connectivity index (χ1n) is 10.4. The molecule has 0 radical (unpaired) electrons. The lowest BCUT2D eigenvalue weighted by atomic mass is 9.55. The number of amides is 1. The van der Waals surface area contributed by atoms with Crippen molar-refractivity contribution in [3.63, 3.8) is 0 Å². The number of primary amides is 1. The zero-order valence-electron chi connectivity index (χ0n) is 17.6. The van der Waals surface area contributed by atoms with Gasteiger partial charge in [-0.25, -0.2) is 0 Å². The van der Waals surface area contributed by atoms with Crippen molar-refractivity contribution in [1.29, 1.82) is 0 Å². The summed E-state index contributed by atoms with van der Waals surface area (Å²) in [4.78, 5) is 39.6. The van der Waals surface area contributed by atoms with Crippen LogP contribution in [0.5, 0.6) is 0 Å². The Morgan fingerprint density at radius 2 is 1.87 bits per heavy atom. The molecule has 0 heterocycles. The fraction of sp³-hybridized carbons (Fsp3) is 0.591. The molecule has 7 atom stereocenters. The minimum absolute atomic E-state index is 0.0389. The number of aliphatic hydroxyl groups is 3. The summed E-state index contributed by atoms with van der Waals surface area (Å²) in [5, 5.41) is 32.8. The van der Waals surface area contributed by atoms with E-state index in [1.165, 1.54) is 0 Å². The van der Waals surface area contributed by atoms with Crippen molar-refractivity contribution < 1.29 is 29.7 Å². The van der Waals surface area contributed by atoms with Crippen molar-refractivity contribution in [2.75, 3.05) is 14.1 Å². The summed E-state index contributed by atoms with van der Waals surface area (Å²) in [6, 6.07) is 0. The predicted octanol–water partition coefficient (Wildman–Crippen LogP) is 1.54. The van der Waals surface area contributed by atoms with Gasteiger partial charge in [0.15, 0.2) is 11.6 Å². The Hall–Kier alpha value is -1.72. The number of nitrogens with zero attached hydrogens (tertiary/aromatic N) is 1. The highest BCUT2D eigenvalue weighted by Crippen LogP contribution is 2.56. The first kappa shape index (κ1) is 22.5. The third-order valence-electron chi connectivity index (χ3n) is 7.87. The van der Waals surface area contributed by atoms with Gasteiger partial charge in [-0.3, -0.25) is 14.4 Å². The van der Waals surface area contributed by atoms with Gasteiger partial charge in [-0.1, -0.05) is 6.08 Å². The predicted molar refractivity (Wildman–Crippen MR) is 120 cm³/mol. The zero-order chi connectivity index (χ0) is 23.0. The Labute approximate surface area is 194 Å². The molecule has 8 nitrogen and oxygen atoms in total. The Bertz CT molecular complexity index is 982. The van der Waals surface area contributed by atoms with E-state index in [1.54, 1.807) is 0 Å². The molecule has 31 heavy (non-hydrogen) atoms. The van der Waals surface area contributed by atoms with Crippen LogP contribution in [0, 0.1) is 29.6 Å². The van der Waals surface area contributed by atoms with Crippen molar-refractivity contribution in [2.24, 2.45) is 35.3 Å². The van der Waals surface area contributed by atoms with Gasteiger partial charge in [0.05, 0.1) is 17.9 Å². The van der Waals surface area contributed by atoms with Crippen LogP contribution in [-0.4, -0.2) is 63.4 Å². The minimum Gasteiger partial charge on any atom is -0.511 e. The summed E-state index contributed by atoms with van der Waals surface area (Å²) in [5.74, 6) is -5.41. The molecule has 4 aliphatic carbocycles. The van der Waals surface area contributed by atoms with Crippen LogP contribution in [0.4, 0.5) is 0 Å². The Morgan fingerprint density at radius 3 is 2.45 bits per heavy atom. The number of likely N-dealkylation sites (N-methyl/N-ethyl adjacent to an activating group) is 1. The summed E-state index contributed by atoms with van der Waals surface area (Å²) >= 11 is 2.07. The van der Waals surface area contributed by atoms with Gasteiger partial charge in [0.1, 0.15) is 17.1 Å². The number of halogens is 1. The van der Waals surface area contributed by atoms with E-state index in [1.807, 2.05) is 20.2 Å². The van der Waals surface area contributed by atoms with Crippen LogP contribution in [0.1, 0.15) is 26.2 Å². The first-order valence-corrected chi connectivity index (χ1v) is 11.4. The highest BCUT2D eigenvalue weighted by atomic mass is 127. The topological polar surface area (TPSA) is 141 Å². The summed E-state index contributed by atoms with van der Waals surface area (Å²) in [6.45, 7) is 2.05. The van der Waals surface area contributed by atoms with Crippen LogP contribution in [0.15, 0.2) is 32.3 Å². The molecule has 0 saturated heterocycles. The van der Waals surface area contributed by atoms with Crippen LogP contribution in [0.3, 0.4) is 0 Å². The Kier molecular flexibility index (Phi) is 5.37. The molecule has 0 aromatic carbocycles. The monoisotopic (exact) mass is 542 g/mol. The molecule has 0 aromatic rings. The molecule has 1 saturated carbocycles. The van der Waals surface area contributed by atoms with Crippen LogP contribution < -0.4 is 5.73 Å². The molecule has 0 spiro atoms. The maximum atomic E-state index is 13.5. The molecule has 1 amide bonds. The molecule has 1 fully saturated rings. The van der Waals surface area contributed by atoms with Gasteiger partial charge in [0.25, 0.3) is 5.91 Å². The Morgan fingerprint density at radius 1 is 1.23 bits per heavy atom. The lowest BCUT2D eigenvalue weighted by Crippen LogP contribution is -2.58. The van der Waals surface area contributed by atoms with Crippen molar-refractivity contribution in [2.45, 2.75) is 37.8 Å². The van der Waals surface area contributed by atoms with Gasteiger partial charge in [0.2, 0.25) is 0 Å². The Balaban J connectivity index is 1.84. The molecule has 5 N–H and O–H groups in total. The van der Waals surface area contributed by atoms with Crippen molar-refractivity contribution in [3.05, 3.63) is 32.3 Å². The number of carbonyl (C=O) groups is 3.